The van der Waals surface area contributed by atoms with Gasteiger partial charge in [0.2, 0.25) is 5.91 Å². The van der Waals surface area contributed by atoms with Gasteiger partial charge in [-0.1, -0.05) is 104 Å². The van der Waals surface area contributed by atoms with Gasteiger partial charge < -0.3 is 30.0 Å². The number of hydrogen-bond acceptors (Lipinski definition) is 8. The highest BCUT2D eigenvalue weighted by molar-refractivity contribution is 5.85. The van der Waals surface area contributed by atoms with Crippen LogP contribution in [-0.4, -0.2) is 103 Å². The fraction of sp³-hybridized carbons (Fsp3) is 0.359. The van der Waals surface area contributed by atoms with E-state index in [9.17, 15) is 24.4 Å². The molecule has 268 valence electrons. The number of nitrogens with one attached hydrogen (secondary N) is 2. The molecule has 0 radical (unpaired) electrons. The van der Waals surface area contributed by atoms with Crippen molar-refractivity contribution in [1.82, 2.24) is 30.5 Å². The minimum Gasteiger partial charge on any atom is -0.445 e. The number of likely N-dealkylation sites (N-methyl/N-ethyl adjacent to an activating group) is 1. The quantitative estimate of drug-likeness (QED) is 0.0859. The number of benzene rings is 3. The fourth-order valence-corrected chi connectivity index (χ4v) is 6.27. The normalized spacial score (nSPS) is 15.3. The Labute approximate surface area is 300 Å². The molecule has 0 saturated carbocycles. The maximum Gasteiger partial charge on any atom is 0.407 e. The molecule has 0 bridgehead atoms. The summed E-state index contributed by atoms with van der Waals surface area (Å²) in [5.74, 6) is -0.273. The van der Waals surface area contributed by atoms with Crippen LogP contribution in [0.1, 0.15) is 41.9 Å². The first-order valence-electron chi connectivity index (χ1n) is 17.2. The molecule has 1 unspecified atom stereocenters. The largest absolute Gasteiger partial charge is 0.445 e. The molecule has 4 amide bonds. The molecule has 1 saturated heterocycles. The molecule has 0 aliphatic carbocycles. The maximum absolute atomic E-state index is 14.0. The molecule has 2 atom stereocenters. The summed E-state index contributed by atoms with van der Waals surface area (Å²) in [5.41, 5.74) is 3.24. The molecule has 3 aromatic rings. The van der Waals surface area contributed by atoms with Gasteiger partial charge in [0.1, 0.15) is 25.6 Å². The van der Waals surface area contributed by atoms with Crippen LogP contribution in [0.2, 0.25) is 0 Å². The van der Waals surface area contributed by atoms with E-state index in [0.717, 1.165) is 12.0 Å². The first kappa shape index (κ1) is 38.3. The van der Waals surface area contributed by atoms with Gasteiger partial charge in [-0.25, -0.2) is 14.6 Å². The molecular formula is C39H47N7O5. The van der Waals surface area contributed by atoms with Crippen molar-refractivity contribution in [3.63, 3.8) is 0 Å². The highest BCUT2D eigenvalue weighted by Gasteiger charge is 2.45. The second kappa shape index (κ2) is 20.2. The minimum atomic E-state index is -0.909. The van der Waals surface area contributed by atoms with E-state index in [-0.39, 0.29) is 57.6 Å². The van der Waals surface area contributed by atoms with Crippen molar-refractivity contribution in [1.29, 1.82) is 5.26 Å². The Bertz CT molecular complexity index is 1560. The first-order valence-corrected chi connectivity index (χ1v) is 17.2. The lowest BCUT2D eigenvalue weighted by molar-refractivity contribution is -0.173. The lowest BCUT2D eigenvalue weighted by Gasteiger charge is -2.50. The van der Waals surface area contributed by atoms with Crippen LogP contribution in [0, 0.1) is 11.3 Å². The fourth-order valence-electron chi connectivity index (χ4n) is 6.27. The summed E-state index contributed by atoms with van der Waals surface area (Å²) in [6.45, 7) is 4.39. The van der Waals surface area contributed by atoms with Crippen LogP contribution in [0.4, 0.5) is 9.59 Å². The summed E-state index contributed by atoms with van der Waals surface area (Å²) in [5, 5.41) is 18.2. The van der Waals surface area contributed by atoms with Crippen molar-refractivity contribution in [2.75, 3.05) is 46.4 Å². The number of hydrazine groups is 1. The zero-order valence-electron chi connectivity index (χ0n) is 29.1. The number of carbonyl (C=O) groups is 4. The van der Waals surface area contributed by atoms with Crippen LogP contribution >= 0.6 is 0 Å². The van der Waals surface area contributed by atoms with Crippen LogP contribution in [-0.2, 0) is 20.9 Å². The predicted octanol–water partition coefficient (Wildman–Crippen LogP) is 4.52. The molecule has 1 heterocycles. The lowest BCUT2D eigenvalue weighted by atomic mass is 9.88. The van der Waals surface area contributed by atoms with Gasteiger partial charge in [-0.15, -0.1) is 0 Å². The zero-order chi connectivity index (χ0) is 36.4. The van der Waals surface area contributed by atoms with Gasteiger partial charge in [0, 0.05) is 25.6 Å². The number of aldehydes is 1. The highest BCUT2D eigenvalue weighted by Crippen LogP contribution is 2.29. The van der Waals surface area contributed by atoms with E-state index < -0.39 is 24.3 Å². The summed E-state index contributed by atoms with van der Waals surface area (Å²) >= 11 is 0. The molecular weight excluding hydrogens is 646 g/mol. The van der Waals surface area contributed by atoms with E-state index in [1.165, 1.54) is 32.1 Å². The number of urea groups is 1. The molecule has 0 aromatic heterocycles. The monoisotopic (exact) mass is 693 g/mol. The second-order valence-electron chi connectivity index (χ2n) is 12.3. The predicted molar refractivity (Wildman–Crippen MR) is 194 cm³/mol. The van der Waals surface area contributed by atoms with Gasteiger partial charge in [0.25, 0.3) is 0 Å². The Balaban J connectivity index is 1.58. The van der Waals surface area contributed by atoms with E-state index in [0.29, 0.717) is 19.3 Å². The Kier molecular flexibility index (Phi) is 15.2. The van der Waals surface area contributed by atoms with Gasteiger partial charge in [0.05, 0.1) is 18.7 Å². The van der Waals surface area contributed by atoms with Crippen LogP contribution in [0.3, 0.4) is 0 Å². The number of nitriles is 1. The average Bonchev–Trinajstić information content (AvgIpc) is 3.15. The van der Waals surface area contributed by atoms with Crippen molar-refractivity contribution >= 4 is 24.3 Å². The minimum absolute atomic E-state index is 0.0685. The van der Waals surface area contributed by atoms with Gasteiger partial charge in [-0.2, -0.15) is 10.3 Å². The number of carbonyl (C=O) groups excluding carboxylic acids is 4. The van der Waals surface area contributed by atoms with Gasteiger partial charge in [-0.05, 0) is 49.5 Å². The number of alkyl carbamates (subject to hydrolysis) is 1. The number of ether oxygens (including phenoxy) is 1. The van der Waals surface area contributed by atoms with Crippen molar-refractivity contribution < 1.29 is 23.9 Å². The number of amides is 4. The van der Waals surface area contributed by atoms with Gasteiger partial charge in [0.15, 0.2) is 0 Å². The van der Waals surface area contributed by atoms with Crippen molar-refractivity contribution in [2.24, 2.45) is 0 Å². The molecule has 12 heteroatoms. The topological polar surface area (TPSA) is 138 Å². The SMILES string of the molecule is C=CCOC(=O)NCCC[C@@H](C=O)N1C(=O)CN(CC#N)N(C(=O)NCc2ccccc2)C1CN(C)CCC(c1ccccc1)c1ccccc1. The molecule has 12 nitrogen and oxygen atoms in total. The van der Waals surface area contributed by atoms with E-state index in [1.54, 1.807) is 0 Å². The van der Waals surface area contributed by atoms with Crippen LogP contribution in [0.15, 0.2) is 104 Å². The Hall–Kier alpha value is -5.51. The van der Waals surface area contributed by atoms with Crippen LogP contribution in [0.25, 0.3) is 0 Å². The lowest BCUT2D eigenvalue weighted by Crippen LogP contribution is -2.72. The third-order valence-electron chi connectivity index (χ3n) is 8.73. The summed E-state index contributed by atoms with van der Waals surface area (Å²) in [6, 6.07) is 30.7. The van der Waals surface area contributed by atoms with Crippen LogP contribution in [0.5, 0.6) is 0 Å². The first-order chi connectivity index (χ1) is 24.9. The van der Waals surface area contributed by atoms with E-state index in [2.05, 4.69) is 52.4 Å². The van der Waals surface area contributed by atoms with E-state index in [4.69, 9.17) is 4.74 Å². The number of hydrogen-bond donors (Lipinski definition) is 2. The Morgan fingerprint density at radius 3 is 2.22 bits per heavy atom. The molecule has 1 aliphatic heterocycles. The van der Waals surface area contributed by atoms with Crippen molar-refractivity contribution in [2.45, 2.75) is 43.9 Å². The second-order valence-corrected chi connectivity index (χ2v) is 12.3. The van der Waals surface area contributed by atoms with E-state index >= 15 is 0 Å². The molecule has 0 spiro atoms. The van der Waals surface area contributed by atoms with Gasteiger partial charge >= 0.3 is 12.1 Å². The van der Waals surface area contributed by atoms with Gasteiger partial charge in [-0.3, -0.25) is 4.79 Å². The molecule has 3 aromatic carbocycles. The molecule has 51 heavy (non-hydrogen) atoms. The Morgan fingerprint density at radius 2 is 1.63 bits per heavy atom. The van der Waals surface area contributed by atoms with Crippen LogP contribution < -0.4 is 10.6 Å². The molecule has 4 rings (SSSR count). The van der Waals surface area contributed by atoms with Crippen molar-refractivity contribution in [3.05, 3.63) is 120 Å². The van der Waals surface area contributed by atoms with Crippen molar-refractivity contribution in [3.8, 4) is 6.07 Å². The Morgan fingerprint density at radius 1 is 1.00 bits per heavy atom. The summed E-state index contributed by atoms with van der Waals surface area (Å²) in [4.78, 5) is 56.0. The molecule has 2 N–H and O–H groups in total. The standard InChI is InChI=1S/C39H47N7O5/c1-3-26-51-39(50)41-23-13-20-34(30-47)45-36(28-43(2)24-21-35(32-16-9-5-10-17-32)33-18-11-6-12-19-33)46(44(25-22-40)29-37(45)48)38(49)42-27-31-14-7-4-8-15-31/h3-12,14-19,30,34-36H,1,13,20-21,23-29H2,2H3,(H,41,50)(H,42,49)/t34-,36?/m0/s1. The molecule has 1 aliphatic rings. The van der Waals surface area contributed by atoms with E-state index in [1.807, 2.05) is 73.8 Å². The highest BCUT2D eigenvalue weighted by atomic mass is 16.5. The summed E-state index contributed by atoms with van der Waals surface area (Å²) in [7, 11) is 1.92. The zero-order valence-corrected chi connectivity index (χ0v) is 29.1. The molecule has 1 fully saturated rings. The third kappa shape index (κ3) is 11.3. The average molecular weight is 694 g/mol. The smallest absolute Gasteiger partial charge is 0.407 e. The summed E-state index contributed by atoms with van der Waals surface area (Å²) < 4.78 is 4.95. The number of rotatable bonds is 18. The maximum atomic E-state index is 14.0. The summed E-state index contributed by atoms with van der Waals surface area (Å²) in [6.07, 6.45) is 2.01. The third-order valence-corrected chi connectivity index (χ3v) is 8.73. The number of nitrogens with zero attached hydrogens (tertiary/aromatic N) is 5.